The zero-order valence-corrected chi connectivity index (χ0v) is 25.5. The van der Waals surface area contributed by atoms with Gasteiger partial charge in [0.15, 0.2) is 0 Å². The molecule has 1 unspecified atom stereocenters. The first-order valence-electron chi connectivity index (χ1n) is 14.2. The molecule has 1 N–H and O–H groups in total. The van der Waals surface area contributed by atoms with E-state index in [0.717, 1.165) is 43.0 Å². The number of halogens is 4. The van der Waals surface area contributed by atoms with Crippen molar-refractivity contribution in [2.45, 2.75) is 57.8 Å². The standard InChI is InChI=1S/C31H28BrF3N6O3/c1-17-13-22-26(16-39(17)28(43)19-9-12-24(32)23(14-19)31(33,34)35)37-30(40-15-20-5-3-4-6-25(20)38-40)41(29(22)44)21-10-7-18(8-11-21)27(42)36-2/h7-12,14-15,17H,3-6,13,16H2,1-2H3,(H,36,42). The molecular weight excluding hydrogens is 641 g/mol. The summed E-state index contributed by atoms with van der Waals surface area (Å²) in [7, 11) is 1.53. The zero-order valence-electron chi connectivity index (χ0n) is 23.9. The summed E-state index contributed by atoms with van der Waals surface area (Å²) in [5.41, 5.74) is 2.30. The first-order chi connectivity index (χ1) is 21.0. The number of carbonyl (C=O) groups is 2. The number of carbonyl (C=O) groups excluding carboxylic acids is 2. The van der Waals surface area contributed by atoms with Gasteiger partial charge in [0.25, 0.3) is 17.4 Å². The van der Waals surface area contributed by atoms with E-state index in [1.165, 1.54) is 28.6 Å². The average molecular weight is 670 g/mol. The van der Waals surface area contributed by atoms with E-state index in [1.807, 2.05) is 6.20 Å². The molecule has 2 aliphatic rings. The summed E-state index contributed by atoms with van der Waals surface area (Å²) >= 11 is 2.92. The van der Waals surface area contributed by atoms with E-state index in [2.05, 4.69) is 21.2 Å². The molecule has 0 radical (unpaired) electrons. The molecule has 228 valence electrons. The predicted molar refractivity (Wildman–Crippen MR) is 159 cm³/mol. The second-order valence-corrected chi connectivity index (χ2v) is 11.9. The predicted octanol–water partition coefficient (Wildman–Crippen LogP) is 5.02. The highest BCUT2D eigenvalue weighted by Crippen LogP contribution is 2.36. The third-order valence-corrected chi connectivity index (χ3v) is 8.87. The van der Waals surface area contributed by atoms with Gasteiger partial charge in [0, 0.05) is 40.4 Å². The number of amides is 2. The van der Waals surface area contributed by atoms with Gasteiger partial charge in [-0.25, -0.2) is 14.2 Å². The van der Waals surface area contributed by atoms with Gasteiger partial charge in [0.2, 0.25) is 5.95 Å². The highest BCUT2D eigenvalue weighted by Gasteiger charge is 2.36. The van der Waals surface area contributed by atoms with Gasteiger partial charge in [-0.2, -0.15) is 18.3 Å². The van der Waals surface area contributed by atoms with Crippen LogP contribution in [0.3, 0.4) is 0 Å². The Morgan fingerprint density at radius 1 is 1.02 bits per heavy atom. The Bertz CT molecular complexity index is 1820. The Labute approximate surface area is 258 Å². The molecule has 2 aromatic carbocycles. The Hall–Kier alpha value is -4.26. The molecule has 0 spiro atoms. The minimum absolute atomic E-state index is 0.0631. The van der Waals surface area contributed by atoms with E-state index >= 15 is 0 Å². The first-order valence-corrected chi connectivity index (χ1v) is 15.0. The van der Waals surface area contributed by atoms with Gasteiger partial charge >= 0.3 is 6.18 Å². The molecule has 2 amide bonds. The second kappa shape index (κ2) is 11.3. The molecule has 0 saturated heterocycles. The number of rotatable bonds is 4. The maximum absolute atomic E-state index is 14.2. The molecule has 0 fully saturated rings. The molecule has 0 saturated carbocycles. The molecule has 1 atom stereocenters. The summed E-state index contributed by atoms with van der Waals surface area (Å²) in [6, 6.07) is 9.47. The fourth-order valence-corrected chi connectivity index (χ4v) is 6.30. The molecule has 2 aromatic heterocycles. The third-order valence-electron chi connectivity index (χ3n) is 8.18. The lowest BCUT2D eigenvalue weighted by atomic mass is 9.98. The van der Waals surface area contributed by atoms with E-state index < -0.39 is 23.7 Å². The van der Waals surface area contributed by atoms with Crippen molar-refractivity contribution in [1.82, 2.24) is 29.5 Å². The Morgan fingerprint density at radius 3 is 2.41 bits per heavy atom. The lowest BCUT2D eigenvalue weighted by Gasteiger charge is -2.34. The smallest absolute Gasteiger partial charge is 0.355 e. The summed E-state index contributed by atoms with van der Waals surface area (Å²) in [4.78, 5) is 46.2. The van der Waals surface area contributed by atoms with Gasteiger partial charge in [-0.15, -0.1) is 0 Å². The number of nitrogens with one attached hydrogen (secondary N) is 1. The van der Waals surface area contributed by atoms with Crippen molar-refractivity contribution in [3.63, 3.8) is 0 Å². The number of aryl methyl sites for hydroxylation is 2. The SMILES string of the molecule is CNC(=O)c1ccc(-n2c(-n3cc4c(n3)CCCC4)nc3c(c2=O)CC(C)N(C(=O)c2ccc(Br)c(C(F)(F)F)c2)C3)cc1. The van der Waals surface area contributed by atoms with Gasteiger partial charge < -0.3 is 10.2 Å². The van der Waals surface area contributed by atoms with Crippen molar-refractivity contribution in [2.75, 3.05) is 7.05 Å². The lowest BCUT2D eigenvalue weighted by Crippen LogP contribution is -2.46. The van der Waals surface area contributed by atoms with Crippen LogP contribution in [0.4, 0.5) is 13.2 Å². The number of aromatic nitrogens is 4. The van der Waals surface area contributed by atoms with Crippen LogP contribution in [0.2, 0.25) is 0 Å². The molecule has 6 rings (SSSR count). The van der Waals surface area contributed by atoms with Crippen molar-refractivity contribution in [1.29, 1.82) is 0 Å². The van der Waals surface area contributed by atoms with Crippen molar-refractivity contribution < 1.29 is 22.8 Å². The van der Waals surface area contributed by atoms with Crippen LogP contribution >= 0.6 is 15.9 Å². The van der Waals surface area contributed by atoms with Gasteiger partial charge in [0.1, 0.15) is 0 Å². The number of nitrogens with zero attached hydrogens (tertiary/aromatic N) is 5. The van der Waals surface area contributed by atoms with Crippen molar-refractivity contribution in [3.05, 3.63) is 103 Å². The van der Waals surface area contributed by atoms with Crippen LogP contribution in [0.5, 0.6) is 0 Å². The van der Waals surface area contributed by atoms with Gasteiger partial charge in [0.05, 0.1) is 29.2 Å². The first kappa shape index (κ1) is 29.8. The van der Waals surface area contributed by atoms with E-state index in [9.17, 15) is 27.6 Å². The topological polar surface area (TPSA) is 102 Å². The number of hydrogen-bond donors (Lipinski definition) is 1. The highest BCUT2D eigenvalue weighted by molar-refractivity contribution is 9.10. The normalized spacial score (nSPS) is 16.3. The van der Waals surface area contributed by atoms with Gasteiger partial charge in [-0.3, -0.25) is 14.4 Å². The summed E-state index contributed by atoms with van der Waals surface area (Å²) < 4.78 is 43.6. The Morgan fingerprint density at radius 2 is 1.73 bits per heavy atom. The third kappa shape index (κ3) is 5.33. The summed E-state index contributed by atoms with van der Waals surface area (Å²) in [6.07, 6.45) is 1.10. The molecule has 1 aliphatic heterocycles. The molecule has 13 heteroatoms. The van der Waals surface area contributed by atoms with E-state index in [0.29, 0.717) is 22.5 Å². The molecule has 1 aliphatic carbocycles. The molecule has 9 nitrogen and oxygen atoms in total. The van der Waals surface area contributed by atoms with Crippen molar-refractivity contribution in [2.24, 2.45) is 0 Å². The number of fused-ring (bicyclic) bond motifs is 2. The van der Waals surface area contributed by atoms with Crippen LogP contribution < -0.4 is 10.9 Å². The van der Waals surface area contributed by atoms with Gasteiger partial charge in [-0.1, -0.05) is 15.9 Å². The fourth-order valence-electron chi connectivity index (χ4n) is 5.83. The highest BCUT2D eigenvalue weighted by atomic mass is 79.9. The van der Waals surface area contributed by atoms with Crippen molar-refractivity contribution >= 4 is 27.7 Å². The summed E-state index contributed by atoms with van der Waals surface area (Å²) in [6.45, 7) is 1.69. The molecule has 3 heterocycles. The largest absolute Gasteiger partial charge is 0.417 e. The Kier molecular flexibility index (Phi) is 7.68. The average Bonchev–Trinajstić information content (AvgIpc) is 3.44. The number of hydrogen-bond acceptors (Lipinski definition) is 5. The minimum atomic E-state index is -4.64. The summed E-state index contributed by atoms with van der Waals surface area (Å²) in [5.74, 6) is -0.632. The van der Waals surface area contributed by atoms with Crippen LogP contribution in [-0.2, 0) is 32.0 Å². The second-order valence-electron chi connectivity index (χ2n) is 11.0. The minimum Gasteiger partial charge on any atom is -0.355 e. The lowest BCUT2D eigenvalue weighted by molar-refractivity contribution is -0.138. The molecule has 4 aromatic rings. The van der Waals surface area contributed by atoms with E-state index in [4.69, 9.17) is 10.1 Å². The Balaban J connectivity index is 1.45. The van der Waals surface area contributed by atoms with E-state index in [-0.39, 0.29) is 40.4 Å². The fraction of sp³-hybridized carbons (Fsp3) is 0.323. The molecule has 44 heavy (non-hydrogen) atoms. The van der Waals surface area contributed by atoms with Crippen LogP contribution in [0.25, 0.3) is 11.6 Å². The summed E-state index contributed by atoms with van der Waals surface area (Å²) in [5, 5.41) is 7.33. The zero-order chi connectivity index (χ0) is 31.3. The number of benzene rings is 2. The monoisotopic (exact) mass is 668 g/mol. The van der Waals surface area contributed by atoms with Crippen LogP contribution in [0, 0.1) is 0 Å². The van der Waals surface area contributed by atoms with Crippen LogP contribution in [0.15, 0.2) is 57.9 Å². The van der Waals surface area contributed by atoms with Gasteiger partial charge in [-0.05, 0) is 87.1 Å². The molecule has 0 bridgehead atoms. The maximum Gasteiger partial charge on any atom is 0.417 e. The van der Waals surface area contributed by atoms with E-state index in [1.54, 1.807) is 35.9 Å². The quantitative estimate of drug-likeness (QED) is 0.329. The molecular formula is C31H28BrF3N6O3. The van der Waals surface area contributed by atoms with Crippen LogP contribution in [-0.4, -0.2) is 49.1 Å². The number of alkyl halides is 3. The van der Waals surface area contributed by atoms with Crippen molar-refractivity contribution in [3.8, 4) is 11.6 Å². The maximum atomic E-state index is 14.2. The van der Waals surface area contributed by atoms with Crippen LogP contribution in [0.1, 0.15) is 68.6 Å².